The van der Waals surface area contributed by atoms with Gasteiger partial charge in [-0.25, -0.2) is 9.78 Å². The number of hydrogen-bond donors (Lipinski definition) is 1. The van der Waals surface area contributed by atoms with Crippen LogP contribution in [0.3, 0.4) is 0 Å². The molecule has 4 rings (SSSR count). The van der Waals surface area contributed by atoms with Crippen molar-refractivity contribution in [1.29, 1.82) is 0 Å². The molecule has 0 aliphatic heterocycles. The Kier molecular flexibility index (Phi) is 3.49. The fourth-order valence-corrected chi connectivity index (χ4v) is 3.30. The number of rotatable bonds is 3. The predicted molar refractivity (Wildman–Crippen MR) is 96.7 cm³/mol. The zero-order valence-electron chi connectivity index (χ0n) is 14.0. The van der Waals surface area contributed by atoms with Crippen molar-refractivity contribution in [2.75, 3.05) is 0 Å². The van der Waals surface area contributed by atoms with E-state index in [1.165, 1.54) is 4.57 Å². The monoisotopic (exact) mass is 335 g/mol. The molecule has 0 saturated heterocycles. The first-order valence-electron chi connectivity index (χ1n) is 8.22. The number of hydrogen-bond acceptors (Lipinski definition) is 4. The SMILES string of the molecule is CCn1c(-c2cccc3cnccc23)nc2c1c(=O)[nH]c(=O)n2CC. The standard InChI is InChI=1S/C18H17N5O2/c1-3-22-14-16(23(4-2)18(25)21-17(14)24)20-15(22)13-7-5-6-11-10-19-9-8-12(11)13/h5-10H,3-4H2,1-2H3,(H,21,24,25). The van der Waals surface area contributed by atoms with E-state index in [2.05, 4.69) is 15.0 Å². The highest BCUT2D eigenvalue weighted by molar-refractivity contribution is 5.96. The first kappa shape index (κ1) is 15.3. The molecule has 4 aromatic rings. The Morgan fingerprint density at radius 2 is 1.88 bits per heavy atom. The zero-order valence-corrected chi connectivity index (χ0v) is 14.0. The average Bonchev–Trinajstić information content (AvgIpc) is 3.01. The van der Waals surface area contributed by atoms with Crippen molar-refractivity contribution in [3.63, 3.8) is 0 Å². The molecular weight excluding hydrogens is 318 g/mol. The summed E-state index contributed by atoms with van der Waals surface area (Å²) in [5, 5.41) is 2.00. The normalized spacial score (nSPS) is 11.4. The number of pyridine rings is 1. The number of nitrogens with zero attached hydrogens (tertiary/aromatic N) is 4. The van der Waals surface area contributed by atoms with Crippen LogP contribution in [0, 0.1) is 0 Å². The van der Waals surface area contributed by atoms with Gasteiger partial charge in [-0.15, -0.1) is 0 Å². The van der Waals surface area contributed by atoms with Gasteiger partial charge in [0.05, 0.1) is 0 Å². The number of fused-ring (bicyclic) bond motifs is 2. The molecule has 7 nitrogen and oxygen atoms in total. The number of aromatic nitrogens is 5. The van der Waals surface area contributed by atoms with Gasteiger partial charge in [0.1, 0.15) is 5.82 Å². The molecule has 1 N–H and O–H groups in total. The largest absolute Gasteiger partial charge is 0.330 e. The molecular formula is C18H17N5O2. The number of imidazole rings is 1. The minimum atomic E-state index is -0.436. The van der Waals surface area contributed by atoms with Gasteiger partial charge in [0, 0.05) is 36.4 Å². The lowest BCUT2D eigenvalue weighted by molar-refractivity contribution is 0.716. The summed E-state index contributed by atoms with van der Waals surface area (Å²) in [7, 11) is 0. The fraction of sp³-hybridized carbons (Fsp3) is 0.222. The van der Waals surface area contributed by atoms with E-state index in [0.29, 0.717) is 30.1 Å². The third-order valence-electron chi connectivity index (χ3n) is 4.44. The van der Waals surface area contributed by atoms with Gasteiger partial charge in [-0.3, -0.25) is 19.3 Å². The molecule has 0 radical (unpaired) electrons. The molecule has 3 aromatic heterocycles. The highest BCUT2D eigenvalue weighted by Gasteiger charge is 2.19. The van der Waals surface area contributed by atoms with E-state index in [0.717, 1.165) is 16.3 Å². The van der Waals surface area contributed by atoms with Crippen LogP contribution in [0.1, 0.15) is 13.8 Å². The molecule has 3 heterocycles. The lowest BCUT2D eigenvalue weighted by atomic mass is 10.1. The Bertz CT molecular complexity index is 1210. The Balaban J connectivity index is 2.17. The molecule has 0 amide bonds. The maximum absolute atomic E-state index is 12.4. The lowest BCUT2D eigenvalue weighted by Crippen LogP contribution is -2.30. The smallest absolute Gasteiger partial charge is 0.318 e. The summed E-state index contributed by atoms with van der Waals surface area (Å²) >= 11 is 0. The molecule has 25 heavy (non-hydrogen) atoms. The number of benzene rings is 1. The van der Waals surface area contributed by atoms with Gasteiger partial charge >= 0.3 is 5.69 Å². The summed E-state index contributed by atoms with van der Waals surface area (Å²) < 4.78 is 3.34. The molecule has 0 atom stereocenters. The average molecular weight is 335 g/mol. The number of H-pyrrole nitrogens is 1. The minimum absolute atomic E-state index is 0.410. The lowest BCUT2D eigenvalue weighted by Gasteiger charge is -2.08. The molecule has 0 fully saturated rings. The van der Waals surface area contributed by atoms with E-state index in [4.69, 9.17) is 0 Å². The second-order valence-electron chi connectivity index (χ2n) is 5.76. The van der Waals surface area contributed by atoms with Gasteiger partial charge in [-0.1, -0.05) is 18.2 Å². The van der Waals surface area contributed by atoms with Gasteiger partial charge < -0.3 is 4.57 Å². The van der Waals surface area contributed by atoms with Crippen LogP contribution in [-0.2, 0) is 13.1 Å². The molecule has 0 bridgehead atoms. The molecule has 126 valence electrons. The molecule has 0 aliphatic rings. The number of aryl methyl sites for hydroxylation is 2. The highest BCUT2D eigenvalue weighted by Crippen LogP contribution is 2.29. The maximum atomic E-state index is 12.4. The second-order valence-corrected chi connectivity index (χ2v) is 5.76. The number of aromatic amines is 1. The quantitative estimate of drug-likeness (QED) is 0.621. The molecule has 0 unspecified atom stereocenters. The van der Waals surface area contributed by atoms with Gasteiger partial charge in [0.25, 0.3) is 5.56 Å². The molecule has 1 aromatic carbocycles. The Hall–Kier alpha value is -3.22. The van der Waals surface area contributed by atoms with E-state index in [-0.39, 0.29) is 0 Å². The van der Waals surface area contributed by atoms with Crippen LogP contribution in [0.15, 0.2) is 46.2 Å². The van der Waals surface area contributed by atoms with Crippen molar-refractivity contribution in [1.82, 2.24) is 24.1 Å². The van der Waals surface area contributed by atoms with Gasteiger partial charge in [-0.2, -0.15) is 0 Å². The highest BCUT2D eigenvalue weighted by atomic mass is 16.2. The van der Waals surface area contributed by atoms with Crippen LogP contribution in [0.25, 0.3) is 33.3 Å². The van der Waals surface area contributed by atoms with E-state index in [1.54, 1.807) is 12.4 Å². The summed E-state index contributed by atoms with van der Waals surface area (Å²) in [5.41, 5.74) is 0.901. The molecule has 0 aliphatic carbocycles. The summed E-state index contributed by atoms with van der Waals surface area (Å²) in [6.07, 6.45) is 3.53. The molecule has 0 saturated carbocycles. The van der Waals surface area contributed by atoms with Crippen molar-refractivity contribution in [2.24, 2.45) is 0 Å². The summed E-state index contributed by atoms with van der Waals surface area (Å²) in [4.78, 5) is 35.7. The molecule has 0 spiro atoms. The van der Waals surface area contributed by atoms with E-state index in [1.807, 2.05) is 42.7 Å². The van der Waals surface area contributed by atoms with Crippen molar-refractivity contribution in [2.45, 2.75) is 26.9 Å². The summed E-state index contributed by atoms with van der Waals surface area (Å²) in [6.45, 7) is 4.82. The van der Waals surface area contributed by atoms with Crippen LogP contribution < -0.4 is 11.2 Å². The van der Waals surface area contributed by atoms with Crippen molar-refractivity contribution in [3.05, 3.63) is 57.5 Å². The Morgan fingerprint density at radius 3 is 2.64 bits per heavy atom. The summed E-state index contributed by atoms with van der Waals surface area (Å²) in [6, 6.07) is 7.83. The van der Waals surface area contributed by atoms with Gasteiger partial charge in [0.2, 0.25) is 0 Å². The third kappa shape index (κ3) is 2.20. The van der Waals surface area contributed by atoms with Crippen LogP contribution in [-0.4, -0.2) is 24.1 Å². The fourth-order valence-electron chi connectivity index (χ4n) is 3.30. The van der Waals surface area contributed by atoms with Gasteiger partial charge in [0.15, 0.2) is 11.2 Å². The van der Waals surface area contributed by atoms with Crippen molar-refractivity contribution < 1.29 is 0 Å². The van der Waals surface area contributed by atoms with Crippen LogP contribution in [0.2, 0.25) is 0 Å². The number of nitrogens with one attached hydrogen (secondary N) is 1. The Labute approximate surface area is 142 Å². The minimum Gasteiger partial charge on any atom is -0.318 e. The van der Waals surface area contributed by atoms with Crippen LogP contribution >= 0.6 is 0 Å². The van der Waals surface area contributed by atoms with Crippen molar-refractivity contribution >= 4 is 21.9 Å². The molecule has 7 heteroatoms. The zero-order chi connectivity index (χ0) is 17.6. The van der Waals surface area contributed by atoms with Crippen LogP contribution in [0.4, 0.5) is 0 Å². The second kappa shape index (κ2) is 5.70. The van der Waals surface area contributed by atoms with Crippen molar-refractivity contribution in [3.8, 4) is 11.4 Å². The third-order valence-corrected chi connectivity index (χ3v) is 4.44. The first-order chi connectivity index (χ1) is 12.2. The van der Waals surface area contributed by atoms with E-state index in [9.17, 15) is 9.59 Å². The summed E-state index contributed by atoms with van der Waals surface area (Å²) in [5.74, 6) is 0.674. The topological polar surface area (TPSA) is 85.6 Å². The van der Waals surface area contributed by atoms with Crippen LogP contribution in [0.5, 0.6) is 0 Å². The first-order valence-corrected chi connectivity index (χ1v) is 8.22. The van der Waals surface area contributed by atoms with E-state index >= 15 is 0 Å². The Morgan fingerprint density at radius 1 is 1.08 bits per heavy atom. The van der Waals surface area contributed by atoms with E-state index < -0.39 is 11.2 Å². The predicted octanol–water partition coefficient (Wildman–Crippen LogP) is 2.14. The maximum Gasteiger partial charge on any atom is 0.330 e. The van der Waals surface area contributed by atoms with Gasteiger partial charge in [-0.05, 0) is 25.3 Å².